The molecule has 0 saturated carbocycles. The third-order valence-electron chi connectivity index (χ3n) is 3.92. The largest absolute Gasteiger partial charge is 0.482 e. The Kier molecular flexibility index (Phi) is 6.83. The average Bonchev–Trinajstić information content (AvgIpc) is 2.97. The maximum Gasteiger partial charge on any atom is 0.422 e. The number of hydrogen-bond acceptors (Lipinski definition) is 8. The number of carbonyl (C=O) groups excluding carboxylic acids is 1. The molecule has 29 heavy (non-hydrogen) atoms. The number of oxazole rings is 1. The van der Waals surface area contributed by atoms with E-state index in [1.807, 2.05) is 0 Å². The zero-order chi connectivity index (χ0) is 22.0. The molecule has 4 N–H and O–H groups in total. The molecule has 1 heterocycles. The predicted molar refractivity (Wildman–Crippen MR) is 93.8 cm³/mol. The van der Waals surface area contributed by atoms with Crippen LogP contribution in [0.25, 0.3) is 11.1 Å². The van der Waals surface area contributed by atoms with E-state index in [-0.39, 0.29) is 21.9 Å². The SMILES string of the molecule is CC(C(=O)OCC(N)(CO)CO)n1c(=O)oc2cc(OCC(F)(F)F)c(Cl)cc21. The van der Waals surface area contributed by atoms with Crippen molar-refractivity contribution in [1.82, 2.24) is 4.57 Å². The molecule has 2 aromatic rings. The monoisotopic (exact) mass is 442 g/mol. The molecule has 0 aliphatic carbocycles. The molecule has 0 spiro atoms. The molecule has 0 saturated heterocycles. The van der Waals surface area contributed by atoms with Crippen LogP contribution in [-0.2, 0) is 9.53 Å². The Morgan fingerprint density at radius 2 is 1.93 bits per heavy atom. The molecule has 1 unspecified atom stereocenters. The summed E-state index contributed by atoms with van der Waals surface area (Å²) in [7, 11) is 0. The lowest BCUT2D eigenvalue weighted by atomic mass is 10.1. The Bertz CT molecular complexity index is 937. The quantitative estimate of drug-likeness (QED) is 0.514. The predicted octanol–water partition coefficient (Wildman–Crippen LogP) is 0.975. The summed E-state index contributed by atoms with van der Waals surface area (Å²) in [5, 5.41) is 18.0. The minimum atomic E-state index is -4.59. The first-order valence-corrected chi connectivity index (χ1v) is 8.50. The van der Waals surface area contributed by atoms with E-state index in [1.165, 1.54) is 6.92 Å². The second kappa shape index (κ2) is 8.61. The van der Waals surface area contributed by atoms with Crippen molar-refractivity contribution < 1.29 is 42.1 Å². The zero-order valence-corrected chi connectivity index (χ0v) is 15.8. The lowest BCUT2D eigenvalue weighted by Gasteiger charge is -2.24. The number of nitrogens with two attached hydrogens (primary N) is 1. The van der Waals surface area contributed by atoms with E-state index in [9.17, 15) is 22.8 Å². The molecule has 9 nitrogen and oxygen atoms in total. The maximum absolute atomic E-state index is 12.3. The number of ether oxygens (including phenoxy) is 2. The first-order chi connectivity index (χ1) is 13.4. The lowest BCUT2D eigenvalue weighted by molar-refractivity contribution is -0.153. The number of aliphatic hydroxyl groups is 2. The minimum Gasteiger partial charge on any atom is -0.482 e. The fourth-order valence-corrected chi connectivity index (χ4v) is 2.47. The van der Waals surface area contributed by atoms with E-state index in [1.54, 1.807) is 0 Å². The van der Waals surface area contributed by atoms with Crippen LogP contribution in [0, 0.1) is 0 Å². The summed E-state index contributed by atoms with van der Waals surface area (Å²) in [5.41, 5.74) is 3.90. The number of alkyl halides is 3. The van der Waals surface area contributed by atoms with Crippen LogP contribution >= 0.6 is 11.6 Å². The first-order valence-electron chi connectivity index (χ1n) is 8.12. The van der Waals surface area contributed by atoms with Crippen LogP contribution in [0.15, 0.2) is 21.3 Å². The number of nitrogens with zero attached hydrogens (tertiary/aromatic N) is 1. The highest BCUT2D eigenvalue weighted by Crippen LogP contribution is 2.32. The Labute approximate surface area is 166 Å². The number of aliphatic hydroxyl groups excluding tert-OH is 2. The van der Waals surface area contributed by atoms with Gasteiger partial charge in [0.25, 0.3) is 0 Å². The van der Waals surface area contributed by atoms with Crippen molar-refractivity contribution >= 4 is 28.7 Å². The summed E-state index contributed by atoms with van der Waals surface area (Å²) < 4.78 is 52.3. The van der Waals surface area contributed by atoms with Crippen LogP contribution in [0.3, 0.4) is 0 Å². The van der Waals surface area contributed by atoms with Gasteiger partial charge >= 0.3 is 17.9 Å². The van der Waals surface area contributed by atoms with E-state index in [2.05, 4.69) is 4.74 Å². The van der Waals surface area contributed by atoms with Gasteiger partial charge in [0, 0.05) is 6.07 Å². The summed E-state index contributed by atoms with van der Waals surface area (Å²) in [6.07, 6.45) is -4.59. The molecular weight excluding hydrogens is 425 g/mol. The van der Waals surface area contributed by atoms with Gasteiger partial charge in [-0.25, -0.2) is 9.59 Å². The number of aromatic nitrogens is 1. The van der Waals surface area contributed by atoms with Crippen molar-refractivity contribution in [2.75, 3.05) is 26.4 Å². The Morgan fingerprint density at radius 3 is 2.48 bits per heavy atom. The lowest BCUT2D eigenvalue weighted by Crippen LogP contribution is -2.52. The number of halogens is 4. The summed E-state index contributed by atoms with van der Waals surface area (Å²) in [5.74, 6) is -2.27. The molecule has 0 bridgehead atoms. The van der Waals surface area contributed by atoms with Crippen molar-refractivity contribution in [3.63, 3.8) is 0 Å². The van der Waals surface area contributed by atoms with Gasteiger partial charge in [0.2, 0.25) is 0 Å². The average molecular weight is 443 g/mol. The van der Waals surface area contributed by atoms with Gasteiger partial charge in [0.1, 0.15) is 18.4 Å². The van der Waals surface area contributed by atoms with Crippen LogP contribution in [0.4, 0.5) is 13.2 Å². The van der Waals surface area contributed by atoms with E-state index in [0.717, 1.165) is 16.7 Å². The number of carbonyl (C=O) groups is 1. The standard InChI is InChI=1S/C16H18ClF3N2O7/c1-8(13(25)28-6-15(21,4-23)5-24)22-10-2-9(17)11(27-7-16(18,19)20)3-12(10)29-14(22)26/h2-3,8,23-24H,4-7,21H2,1H3. The minimum absolute atomic E-state index is 0.0205. The van der Waals surface area contributed by atoms with Crippen LogP contribution in [0.2, 0.25) is 5.02 Å². The first kappa shape index (κ1) is 23.0. The highest BCUT2D eigenvalue weighted by molar-refractivity contribution is 6.32. The highest BCUT2D eigenvalue weighted by Gasteiger charge is 2.30. The molecule has 1 aromatic heterocycles. The molecule has 1 aromatic carbocycles. The molecule has 0 amide bonds. The van der Waals surface area contributed by atoms with E-state index < -0.39 is 55.9 Å². The number of benzene rings is 1. The van der Waals surface area contributed by atoms with Crippen LogP contribution < -0.4 is 16.2 Å². The molecule has 0 fully saturated rings. The van der Waals surface area contributed by atoms with E-state index in [0.29, 0.717) is 0 Å². The van der Waals surface area contributed by atoms with Crippen molar-refractivity contribution in [2.24, 2.45) is 5.73 Å². The van der Waals surface area contributed by atoms with Gasteiger partial charge in [0.05, 0.1) is 29.3 Å². The smallest absolute Gasteiger partial charge is 0.422 e. The van der Waals surface area contributed by atoms with Gasteiger partial charge in [-0.05, 0) is 13.0 Å². The molecule has 2 rings (SSSR count). The van der Waals surface area contributed by atoms with Crippen LogP contribution in [0.1, 0.15) is 13.0 Å². The number of hydrogen-bond donors (Lipinski definition) is 3. The topological polar surface area (TPSA) is 137 Å². The number of esters is 1. The zero-order valence-electron chi connectivity index (χ0n) is 15.0. The Morgan fingerprint density at radius 1 is 1.31 bits per heavy atom. The summed E-state index contributed by atoms with van der Waals surface area (Å²) in [4.78, 5) is 24.4. The van der Waals surface area contributed by atoms with Gasteiger partial charge in [0.15, 0.2) is 12.2 Å². The Balaban J connectivity index is 2.29. The summed E-state index contributed by atoms with van der Waals surface area (Å²) in [6, 6.07) is 0.886. The van der Waals surface area contributed by atoms with Gasteiger partial charge in [-0.15, -0.1) is 0 Å². The maximum atomic E-state index is 12.3. The van der Waals surface area contributed by atoms with Crippen molar-refractivity contribution in [3.05, 3.63) is 27.7 Å². The van der Waals surface area contributed by atoms with Crippen LogP contribution in [-0.4, -0.2) is 58.9 Å². The van der Waals surface area contributed by atoms with Crippen molar-refractivity contribution in [2.45, 2.75) is 24.7 Å². The van der Waals surface area contributed by atoms with E-state index in [4.69, 9.17) is 36.7 Å². The summed E-state index contributed by atoms with van der Waals surface area (Å²) >= 11 is 5.92. The van der Waals surface area contributed by atoms with Crippen molar-refractivity contribution in [3.8, 4) is 5.75 Å². The third-order valence-corrected chi connectivity index (χ3v) is 4.21. The van der Waals surface area contributed by atoms with Crippen molar-refractivity contribution in [1.29, 1.82) is 0 Å². The molecular formula is C16H18ClF3N2O7. The van der Waals surface area contributed by atoms with Gasteiger partial charge in [-0.1, -0.05) is 11.6 Å². The molecule has 13 heteroatoms. The molecule has 1 atom stereocenters. The molecule has 162 valence electrons. The molecule has 0 radical (unpaired) electrons. The second-order valence-electron chi connectivity index (χ2n) is 6.35. The van der Waals surface area contributed by atoms with Gasteiger partial charge in [-0.3, -0.25) is 4.57 Å². The number of fused-ring (bicyclic) bond motifs is 1. The fourth-order valence-electron chi connectivity index (χ4n) is 2.25. The number of rotatable bonds is 8. The summed E-state index contributed by atoms with van der Waals surface area (Å²) in [6.45, 7) is -2.13. The second-order valence-corrected chi connectivity index (χ2v) is 6.76. The fraction of sp³-hybridized carbons (Fsp3) is 0.500. The third kappa shape index (κ3) is 5.41. The van der Waals surface area contributed by atoms with E-state index >= 15 is 0 Å². The normalized spacial score (nSPS) is 13.5. The van der Waals surface area contributed by atoms with Gasteiger partial charge in [-0.2, -0.15) is 13.2 Å². The molecule has 0 aliphatic heterocycles. The molecule has 0 aliphatic rings. The Hall–Kier alpha value is -2.28. The van der Waals surface area contributed by atoms with Gasteiger partial charge < -0.3 is 29.8 Å². The highest BCUT2D eigenvalue weighted by atomic mass is 35.5. The van der Waals surface area contributed by atoms with Crippen LogP contribution in [0.5, 0.6) is 5.75 Å².